The van der Waals surface area contributed by atoms with Gasteiger partial charge < -0.3 is 9.73 Å². The SMILES string of the molecule is O=C(Nc1ccc(-c2nc3ccccc3o2)cc1)c1cccc(NS(=O)(=O)c2ccc(F)cc2)c1. The number of carbonyl (C=O) groups excluding carboxylic acids is 1. The van der Waals surface area contributed by atoms with E-state index in [2.05, 4.69) is 15.0 Å². The van der Waals surface area contributed by atoms with Gasteiger partial charge in [-0.05, 0) is 78.9 Å². The lowest BCUT2D eigenvalue weighted by Crippen LogP contribution is -2.15. The summed E-state index contributed by atoms with van der Waals surface area (Å²) < 4.78 is 46.4. The minimum Gasteiger partial charge on any atom is -0.436 e. The van der Waals surface area contributed by atoms with Crippen molar-refractivity contribution in [1.82, 2.24) is 4.98 Å². The predicted octanol–water partition coefficient (Wildman–Crippen LogP) is 5.69. The predicted molar refractivity (Wildman–Crippen MR) is 131 cm³/mol. The Balaban J connectivity index is 1.29. The zero-order chi connectivity index (χ0) is 24.4. The summed E-state index contributed by atoms with van der Waals surface area (Å²) in [4.78, 5) is 17.1. The number of hydrogen-bond acceptors (Lipinski definition) is 5. The van der Waals surface area contributed by atoms with Gasteiger partial charge in [-0.15, -0.1) is 0 Å². The molecular formula is C26H18FN3O4S. The van der Waals surface area contributed by atoms with Crippen molar-refractivity contribution in [3.8, 4) is 11.5 Å². The first-order valence-electron chi connectivity index (χ1n) is 10.5. The minimum absolute atomic E-state index is 0.0900. The molecule has 35 heavy (non-hydrogen) atoms. The average Bonchev–Trinajstić information content (AvgIpc) is 3.29. The maximum absolute atomic E-state index is 13.1. The molecule has 0 bridgehead atoms. The van der Waals surface area contributed by atoms with Gasteiger partial charge in [0, 0.05) is 22.5 Å². The van der Waals surface area contributed by atoms with Gasteiger partial charge in [-0.25, -0.2) is 17.8 Å². The Kier molecular flexibility index (Phi) is 5.76. The number of para-hydroxylation sites is 2. The molecule has 0 atom stereocenters. The molecule has 0 saturated carbocycles. The van der Waals surface area contributed by atoms with Crippen molar-refractivity contribution in [3.63, 3.8) is 0 Å². The van der Waals surface area contributed by atoms with Gasteiger partial charge >= 0.3 is 0 Å². The van der Waals surface area contributed by atoms with Crippen LogP contribution in [0.2, 0.25) is 0 Å². The van der Waals surface area contributed by atoms with Crippen molar-refractivity contribution in [2.24, 2.45) is 0 Å². The maximum Gasteiger partial charge on any atom is 0.261 e. The summed E-state index contributed by atoms with van der Waals surface area (Å²) in [5.41, 5.74) is 3.22. The molecule has 9 heteroatoms. The van der Waals surface area contributed by atoms with E-state index in [1.807, 2.05) is 24.3 Å². The van der Waals surface area contributed by atoms with E-state index in [4.69, 9.17) is 4.42 Å². The van der Waals surface area contributed by atoms with Gasteiger partial charge in [-0.1, -0.05) is 18.2 Å². The highest BCUT2D eigenvalue weighted by atomic mass is 32.2. The first-order valence-corrected chi connectivity index (χ1v) is 12.0. The molecule has 5 rings (SSSR count). The van der Waals surface area contributed by atoms with Gasteiger partial charge in [0.1, 0.15) is 11.3 Å². The summed E-state index contributed by atoms with van der Waals surface area (Å²) in [7, 11) is -3.94. The summed E-state index contributed by atoms with van der Waals surface area (Å²) in [6, 6.07) is 25.0. The number of halogens is 1. The number of sulfonamides is 1. The molecule has 0 aliphatic carbocycles. The Bertz CT molecular complexity index is 1600. The second-order valence-corrected chi connectivity index (χ2v) is 9.34. The Hall–Kier alpha value is -4.50. The van der Waals surface area contributed by atoms with Crippen LogP contribution in [0, 0.1) is 5.82 Å². The summed E-state index contributed by atoms with van der Waals surface area (Å²) in [6.07, 6.45) is 0. The van der Waals surface area contributed by atoms with Crippen molar-refractivity contribution >= 4 is 38.4 Å². The first kappa shape index (κ1) is 22.3. The molecule has 0 fully saturated rings. The van der Waals surface area contributed by atoms with Crippen LogP contribution in [0.1, 0.15) is 10.4 Å². The maximum atomic E-state index is 13.1. The third-order valence-electron chi connectivity index (χ3n) is 5.18. The number of amides is 1. The number of carbonyl (C=O) groups is 1. The van der Waals surface area contributed by atoms with Crippen LogP contribution in [0.25, 0.3) is 22.6 Å². The van der Waals surface area contributed by atoms with Crippen molar-refractivity contribution in [2.45, 2.75) is 4.90 Å². The zero-order valence-corrected chi connectivity index (χ0v) is 18.9. The lowest BCUT2D eigenvalue weighted by Gasteiger charge is -2.10. The number of fused-ring (bicyclic) bond motifs is 1. The normalized spacial score (nSPS) is 11.3. The fourth-order valence-electron chi connectivity index (χ4n) is 3.45. The third-order valence-corrected chi connectivity index (χ3v) is 6.58. The minimum atomic E-state index is -3.94. The average molecular weight is 488 g/mol. The molecule has 2 N–H and O–H groups in total. The van der Waals surface area contributed by atoms with Crippen LogP contribution in [0.5, 0.6) is 0 Å². The molecule has 0 radical (unpaired) electrons. The number of benzene rings is 4. The van der Waals surface area contributed by atoms with E-state index < -0.39 is 21.7 Å². The van der Waals surface area contributed by atoms with Crippen molar-refractivity contribution < 1.29 is 22.0 Å². The molecule has 0 saturated heterocycles. The topological polar surface area (TPSA) is 101 Å². The molecule has 0 aliphatic rings. The van der Waals surface area contributed by atoms with Gasteiger partial charge in [0.15, 0.2) is 5.58 Å². The van der Waals surface area contributed by atoms with Crippen LogP contribution in [0.3, 0.4) is 0 Å². The molecule has 1 aromatic heterocycles. The standard InChI is InChI=1S/C26H18FN3O4S/c27-19-10-14-22(15-11-19)35(32,33)30-21-5-3-4-18(16-21)25(31)28-20-12-8-17(9-13-20)26-29-23-6-1-2-7-24(23)34-26/h1-16,30H,(H,28,31). The second-order valence-electron chi connectivity index (χ2n) is 7.66. The zero-order valence-electron chi connectivity index (χ0n) is 18.1. The summed E-state index contributed by atoms with van der Waals surface area (Å²) in [5.74, 6) is -0.475. The van der Waals surface area contributed by atoms with E-state index >= 15 is 0 Å². The number of anilines is 2. The molecule has 4 aromatic carbocycles. The third kappa shape index (κ3) is 4.90. The highest BCUT2D eigenvalue weighted by Crippen LogP contribution is 2.25. The van der Waals surface area contributed by atoms with Crippen LogP contribution in [-0.2, 0) is 10.0 Å². The highest BCUT2D eigenvalue weighted by Gasteiger charge is 2.16. The molecular weight excluding hydrogens is 469 g/mol. The van der Waals surface area contributed by atoms with E-state index in [0.29, 0.717) is 17.2 Å². The van der Waals surface area contributed by atoms with Gasteiger partial charge in [-0.3, -0.25) is 9.52 Å². The molecule has 0 spiro atoms. The number of nitrogens with one attached hydrogen (secondary N) is 2. The Morgan fingerprint density at radius 3 is 2.31 bits per heavy atom. The van der Waals surface area contributed by atoms with E-state index in [1.165, 1.54) is 24.3 Å². The second kappa shape index (κ2) is 9.03. The van der Waals surface area contributed by atoms with Crippen molar-refractivity contribution in [3.05, 3.63) is 108 Å². The van der Waals surface area contributed by atoms with E-state index in [0.717, 1.165) is 23.2 Å². The number of oxazole rings is 1. The van der Waals surface area contributed by atoms with Gasteiger partial charge in [0.25, 0.3) is 15.9 Å². The van der Waals surface area contributed by atoms with E-state index in [1.54, 1.807) is 36.4 Å². The fraction of sp³-hybridized carbons (Fsp3) is 0. The Morgan fingerprint density at radius 2 is 1.57 bits per heavy atom. The largest absolute Gasteiger partial charge is 0.436 e. The van der Waals surface area contributed by atoms with E-state index in [9.17, 15) is 17.6 Å². The molecule has 174 valence electrons. The Labute approximate surface area is 200 Å². The van der Waals surface area contributed by atoms with Crippen LogP contribution < -0.4 is 10.0 Å². The van der Waals surface area contributed by atoms with Crippen molar-refractivity contribution in [1.29, 1.82) is 0 Å². The molecule has 0 aliphatic heterocycles. The van der Waals surface area contributed by atoms with Crippen molar-refractivity contribution in [2.75, 3.05) is 10.0 Å². The smallest absolute Gasteiger partial charge is 0.261 e. The van der Waals surface area contributed by atoms with Crippen LogP contribution >= 0.6 is 0 Å². The molecule has 1 heterocycles. The lowest BCUT2D eigenvalue weighted by atomic mass is 10.1. The summed E-state index contributed by atoms with van der Waals surface area (Å²) in [5, 5.41) is 2.78. The van der Waals surface area contributed by atoms with Gasteiger partial charge in [0.2, 0.25) is 5.89 Å². The van der Waals surface area contributed by atoms with Crippen LogP contribution in [-0.4, -0.2) is 19.3 Å². The quantitative estimate of drug-likeness (QED) is 0.321. The first-order chi connectivity index (χ1) is 16.9. The summed E-state index contributed by atoms with van der Waals surface area (Å²) >= 11 is 0. The molecule has 1 amide bonds. The monoisotopic (exact) mass is 487 g/mol. The van der Waals surface area contributed by atoms with E-state index in [-0.39, 0.29) is 16.1 Å². The summed E-state index contributed by atoms with van der Waals surface area (Å²) in [6.45, 7) is 0. The Morgan fingerprint density at radius 1 is 0.829 bits per heavy atom. The number of hydrogen-bond donors (Lipinski definition) is 2. The number of aromatic nitrogens is 1. The van der Waals surface area contributed by atoms with Crippen LogP contribution in [0.4, 0.5) is 15.8 Å². The highest BCUT2D eigenvalue weighted by molar-refractivity contribution is 7.92. The number of rotatable bonds is 6. The lowest BCUT2D eigenvalue weighted by molar-refractivity contribution is 0.102. The number of nitrogens with zero attached hydrogens (tertiary/aromatic N) is 1. The van der Waals surface area contributed by atoms with Crippen LogP contribution in [0.15, 0.2) is 106 Å². The molecule has 0 unspecified atom stereocenters. The molecule has 5 aromatic rings. The molecule has 7 nitrogen and oxygen atoms in total. The fourth-order valence-corrected chi connectivity index (χ4v) is 4.50. The van der Waals surface area contributed by atoms with Gasteiger partial charge in [0.05, 0.1) is 4.90 Å². The van der Waals surface area contributed by atoms with Gasteiger partial charge in [-0.2, -0.15) is 0 Å².